The summed E-state index contributed by atoms with van der Waals surface area (Å²) in [6.45, 7) is 24.0. The molecule has 2 bridgehead atoms. The van der Waals surface area contributed by atoms with Crippen LogP contribution in [0.2, 0.25) is 24.5 Å². The molecule has 1 aliphatic heterocycles. The summed E-state index contributed by atoms with van der Waals surface area (Å²) in [6, 6.07) is 0. The van der Waals surface area contributed by atoms with Gasteiger partial charge in [-0.15, -0.1) is 0 Å². The van der Waals surface area contributed by atoms with Gasteiger partial charge in [0.15, 0.2) is 8.32 Å². The van der Waals surface area contributed by atoms with Gasteiger partial charge in [0.1, 0.15) is 5.60 Å². The number of esters is 1. The Labute approximate surface area is 204 Å². The molecular weight excluding hydrogens is 431 g/mol. The number of hydrogen-bond acceptors (Lipinski definition) is 5. The summed E-state index contributed by atoms with van der Waals surface area (Å²) in [5.41, 5.74) is -0.246. The first-order valence-electron chi connectivity index (χ1n) is 13.1. The minimum absolute atomic E-state index is 0.0920. The van der Waals surface area contributed by atoms with Crippen LogP contribution in [0.15, 0.2) is 0 Å². The van der Waals surface area contributed by atoms with Crippen molar-refractivity contribution in [2.75, 3.05) is 0 Å². The number of carbonyl (C=O) groups is 1. The van der Waals surface area contributed by atoms with E-state index in [1.54, 1.807) is 0 Å². The molecule has 0 aromatic carbocycles. The Hall–Kier alpha value is -0.368. The molecule has 5 nitrogen and oxygen atoms in total. The molecule has 3 aliphatic carbocycles. The predicted octanol–water partition coefficient (Wildman–Crippen LogP) is 6.62. The maximum absolute atomic E-state index is 12.6. The molecular formula is C26H49BO5Si. The van der Waals surface area contributed by atoms with Crippen LogP contribution in [0.4, 0.5) is 0 Å². The van der Waals surface area contributed by atoms with Crippen LogP contribution in [-0.4, -0.2) is 44.8 Å². The molecule has 0 spiro atoms. The fourth-order valence-electron chi connectivity index (χ4n) is 5.80. The third-order valence-electron chi connectivity index (χ3n) is 8.91. The molecule has 3 saturated carbocycles. The molecule has 4 aliphatic rings. The lowest BCUT2D eigenvalue weighted by Crippen LogP contribution is -2.63. The van der Waals surface area contributed by atoms with Gasteiger partial charge < -0.3 is 18.5 Å². The molecule has 7 heteroatoms. The summed E-state index contributed by atoms with van der Waals surface area (Å²) in [5, 5.41) is 0.0920. The van der Waals surface area contributed by atoms with Crippen molar-refractivity contribution < 1.29 is 23.3 Å². The minimum Gasteiger partial charge on any atom is -0.460 e. The maximum atomic E-state index is 12.6. The van der Waals surface area contributed by atoms with Crippen molar-refractivity contribution in [3.8, 4) is 0 Å². The van der Waals surface area contributed by atoms with E-state index in [0.29, 0.717) is 17.8 Å². The van der Waals surface area contributed by atoms with E-state index >= 15 is 0 Å². The summed E-state index contributed by atoms with van der Waals surface area (Å²) >= 11 is 0. The van der Waals surface area contributed by atoms with Gasteiger partial charge in [0.05, 0.1) is 24.2 Å². The quantitative estimate of drug-likeness (QED) is 0.289. The van der Waals surface area contributed by atoms with Gasteiger partial charge in [-0.05, 0) is 88.7 Å². The third-order valence-corrected chi connectivity index (χ3v) is 13.4. The molecule has 0 N–H and O–H groups in total. The van der Waals surface area contributed by atoms with Crippen molar-refractivity contribution >= 4 is 21.4 Å². The number of hydrogen-bond donors (Lipinski definition) is 0. The molecule has 5 atom stereocenters. The monoisotopic (exact) mass is 480 g/mol. The van der Waals surface area contributed by atoms with Crippen molar-refractivity contribution in [3.63, 3.8) is 0 Å². The fourth-order valence-corrected chi connectivity index (χ4v) is 7.19. The summed E-state index contributed by atoms with van der Waals surface area (Å²) in [5.74, 6) is 1.18. The molecule has 4 fully saturated rings. The zero-order chi connectivity index (χ0) is 25.0. The van der Waals surface area contributed by atoms with E-state index in [4.69, 9.17) is 18.5 Å². The topological polar surface area (TPSA) is 54.0 Å². The van der Waals surface area contributed by atoms with Gasteiger partial charge in [-0.2, -0.15) is 0 Å². The van der Waals surface area contributed by atoms with Crippen LogP contribution in [0.25, 0.3) is 0 Å². The smallest absolute Gasteiger partial charge is 0.457 e. The molecule has 0 aromatic rings. The first kappa shape index (κ1) is 27.2. The van der Waals surface area contributed by atoms with Crippen LogP contribution in [0, 0.1) is 17.3 Å². The van der Waals surface area contributed by atoms with Crippen LogP contribution >= 0.6 is 0 Å². The lowest BCUT2D eigenvalue weighted by atomic mass is 9.45. The van der Waals surface area contributed by atoms with Gasteiger partial charge >= 0.3 is 13.1 Å². The zero-order valence-electron chi connectivity index (χ0n) is 23.2. The minimum atomic E-state index is -2.00. The largest absolute Gasteiger partial charge is 0.460 e. The lowest BCUT2D eigenvalue weighted by Gasteiger charge is -2.63. The van der Waals surface area contributed by atoms with Gasteiger partial charge in [-0.1, -0.05) is 41.0 Å². The molecule has 1 unspecified atom stereocenters. The van der Waals surface area contributed by atoms with Gasteiger partial charge in [0.2, 0.25) is 0 Å². The zero-order valence-corrected chi connectivity index (χ0v) is 24.2. The number of rotatable bonds is 8. The van der Waals surface area contributed by atoms with E-state index in [0.717, 1.165) is 31.5 Å². The Morgan fingerprint density at radius 2 is 1.79 bits per heavy atom. The van der Waals surface area contributed by atoms with Gasteiger partial charge in [-0.25, -0.2) is 0 Å². The van der Waals surface area contributed by atoms with Crippen molar-refractivity contribution in [2.45, 2.75) is 142 Å². The van der Waals surface area contributed by atoms with Gasteiger partial charge in [0.25, 0.3) is 0 Å². The standard InChI is InChI=1S/C26H49BO5Si/c1-23(2,3)29-21(28)16-19(31-33(10,11)24(4,5)6)13-12-14-27-30-22-20-15-18(25(20,7)8)17-26(22,9)32-27/h18-20,22H,12-17H2,1-11H3/t18-,19?,20+,22-,26+/m1/s1. The molecule has 1 saturated heterocycles. The van der Waals surface area contributed by atoms with Crippen molar-refractivity contribution in [2.24, 2.45) is 17.3 Å². The van der Waals surface area contributed by atoms with E-state index in [9.17, 15) is 4.79 Å². The SMILES string of the molecule is CC(C)(C)OC(=O)CC(CCCB1O[C@@H]2[C@@H]3C[C@H](C[C@]2(C)O1)C3(C)C)O[Si](C)(C)C(C)(C)C. The summed E-state index contributed by atoms with van der Waals surface area (Å²) in [4.78, 5) is 12.6. The summed E-state index contributed by atoms with van der Waals surface area (Å²) in [6.07, 6.45) is 5.33. The number of carbonyl (C=O) groups excluding carboxylic acids is 1. The van der Waals surface area contributed by atoms with Crippen molar-refractivity contribution in [1.29, 1.82) is 0 Å². The molecule has 1 heterocycles. The Morgan fingerprint density at radius 1 is 1.15 bits per heavy atom. The van der Waals surface area contributed by atoms with Gasteiger partial charge in [0, 0.05) is 0 Å². The van der Waals surface area contributed by atoms with Crippen LogP contribution in [0.5, 0.6) is 0 Å². The van der Waals surface area contributed by atoms with E-state index in [1.165, 1.54) is 6.42 Å². The highest BCUT2D eigenvalue weighted by Crippen LogP contribution is 2.64. The highest BCUT2D eigenvalue weighted by atomic mass is 28.4. The molecule has 0 amide bonds. The average molecular weight is 481 g/mol. The molecule has 33 heavy (non-hydrogen) atoms. The molecule has 4 rings (SSSR count). The highest BCUT2D eigenvalue weighted by molar-refractivity contribution is 6.74. The van der Waals surface area contributed by atoms with Crippen LogP contribution < -0.4 is 0 Å². The second-order valence-corrected chi connectivity index (χ2v) is 19.0. The maximum Gasteiger partial charge on any atom is 0.457 e. The average Bonchev–Trinajstić information content (AvgIpc) is 2.94. The molecule has 0 aromatic heterocycles. The Balaban J connectivity index is 1.57. The lowest BCUT2D eigenvalue weighted by molar-refractivity contribution is -0.185. The summed E-state index contributed by atoms with van der Waals surface area (Å²) < 4.78 is 25.3. The van der Waals surface area contributed by atoms with E-state index in [-0.39, 0.29) is 35.9 Å². The Kier molecular flexibility index (Phi) is 7.37. The van der Waals surface area contributed by atoms with Crippen LogP contribution in [0.3, 0.4) is 0 Å². The van der Waals surface area contributed by atoms with E-state index < -0.39 is 13.9 Å². The highest BCUT2D eigenvalue weighted by Gasteiger charge is 2.66. The van der Waals surface area contributed by atoms with Crippen molar-refractivity contribution in [3.05, 3.63) is 0 Å². The predicted molar refractivity (Wildman–Crippen MR) is 137 cm³/mol. The van der Waals surface area contributed by atoms with E-state index in [2.05, 4.69) is 54.6 Å². The second kappa shape index (κ2) is 8.94. The van der Waals surface area contributed by atoms with E-state index in [1.807, 2.05) is 20.8 Å². The summed E-state index contributed by atoms with van der Waals surface area (Å²) in [7, 11) is -2.15. The van der Waals surface area contributed by atoms with Crippen LogP contribution in [0.1, 0.15) is 94.4 Å². The Morgan fingerprint density at radius 3 is 2.33 bits per heavy atom. The third kappa shape index (κ3) is 5.90. The number of ether oxygens (including phenoxy) is 1. The van der Waals surface area contributed by atoms with Gasteiger partial charge in [-0.3, -0.25) is 4.79 Å². The molecule has 190 valence electrons. The second-order valence-electron chi connectivity index (χ2n) is 14.2. The van der Waals surface area contributed by atoms with Crippen molar-refractivity contribution in [1.82, 2.24) is 0 Å². The Bertz CT molecular complexity index is 725. The van der Waals surface area contributed by atoms with Crippen LogP contribution in [-0.2, 0) is 23.3 Å². The normalized spacial score (nSPS) is 32.2. The molecule has 0 radical (unpaired) electrons. The first-order chi connectivity index (χ1) is 14.8. The fraction of sp³-hybridized carbons (Fsp3) is 0.962. The first-order valence-corrected chi connectivity index (χ1v) is 16.0.